The number of ether oxygens (including phenoxy) is 3. The summed E-state index contributed by atoms with van der Waals surface area (Å²) in [5.41, 5.74) is 2.82. The van der Waals surface area contributed by atoms with E-state index in [1.807, 2.05) is 85.8 Å². The van der Waals surface area contributed by atoms with Gasteiger partial charge in [-0.25, -0.2) is 9.59 Å². The van der Waals surface area contributed by atoms with Gasteiger partial charge in [0.05, 0.1) is 12.8 Å². The maximum atomic E-state index is 14.3. The average molecular weight is 795 g/mol. The number of esters is 1. The third-order valence-corrected chi connectivity index (χ3v) is 11.1. The second-order valence-corrected chi connectivity index (χ2v) is 15.0. The van der Waals surface area contributed by atoms with Crippen LogP contribution in [0, 0.1) is 0 Å². The predicted octanol–water partition coefficient (Wildman–Crippen LogP) is 6.85. The van der Waals surface area contributed by atoms with Gasteiger partial charge in [0.25, 0.3) is 5.24 Å². The summed E-state index contributed by atoms with van der Waals surface area (Å²) in [6.07, 6.45) is 0.0965. The number of methoxy groups -OCH3 is 1. The molecule has 0 radical (unpaired) electrons. The molecule has 4 atom stereocenters. The van der Waals surface area contributed by atoms with E-state index >= 15 is 0 Å². The molecule has 0 aromatic heterocycles. The predicted molar refractivity (Wildman–Crippen MR) is 214 cm³/mol. The Hall–Kier alpha value is -5.73. The van der Waals surface area contributed by atoms with E-state index in [-0.39, 0.29) is 17.5 Å². The van der Waals surface area contributed by atoms with Gasteiger partial charge in [0.1, 0.15) is 29.8 Å². The summed E-state index contributed by atoms with van der Waals surface area (Å²) in [6, 6.07) is 30.5. The van der Waals surface area contributed by atoms with Crippen molar-refractivity contribution in [1.29, 1.82) is 0 Å². The van der Waals surface area contributed by atoms with E-state index in [0.717, 1.165) is 41.3 Å². The molecule has 2 aliphatic rings. The number of hydrogen-bond donors (Lipinski definition) is 3. The fourth-order valence-electron chi connectivity index (χ4n) is 6.18. The Morgan fingerprint density at radius 2 is 1.46 bits per heavy atom. The molecule has 0 aliphatic carbocycles. The van der Waals surface area contributed by atoms with Crippen molar-refractivity contribution in [3.05, 3.63) is 149 Å². The molecule has 56 heavy (non-hydrogen) atoms. The zero-order valence-corrected chi connectivity index (χ0v) is 32.4. The van der Waals surface area contributed by atoms with Gasteiger partial charge in [-0.2, -0.15) is 0 Å². The Kier molecular flexibility index (Phi) is 13.7. The molecule has 14 heteroatoms. The second kappa shape index (κ2) is 19.2. The van der Waals surface area contributed by atoms with Gasteiger partial charge in [-0.1, -0.05) is 128 Å². The molecule has 2 heterocycles. The minimum Gasteiger partial charge on any atom is -0.497 e. The topological polar surface area (TPSA) is 152 Å². The molecule has 3 unspecified atom stereocenters. The van der Waals surface area contributed by atoms with Crippen LogP contribution in [0.3, 0.4) is 0 Å². The van der Waals surface area contributed by atoms with Crippen molar-refractivity contribution in [3.8, 4) is 5.75 Å². The Labute approximate surface area is 333 Å². The van der Waals surface area contributed by atoms with Crippen molar-refractivity contribution >= 4 is 52.6 Å². The van der Waals surface area contributed by atoms with Gasteiger partial charge in [0.2, 0.25) is 11.8 Å². The summed E-state index contributed by atoms with van der Waals surface area (Å²) < 4.78 is 16.9. The first-order chi connectivity index (χ1) is 27.3. The number of benzene rings is 4. The Balaban J connectivity index is 1.23. The first-order valence-corrected chi connectivity index (χ1v) is 20.0. The van der Waals surface area contributed by atoms with E-state index in [1.165, 1.54) is 23.8 Å². The van der Waals surface area contributed by atoms with E-state index in [1.54, 1.807) is 41.8 Å². The fourth-order valence-corrected chi connectivity index (χ4v) is 8.16. The van der Waals surface area contributed by atoms with E-state index < -0.39 is 53.5 Å². The number of β-lactam (4-membered cyclic amide) rings is 1. The standard InChI is InChI=1S/C42H42N4O8S2/c1-3-4-24-55-42(51)43-32-26-56-39-34(38(48)46(39)35(32)40(49)54-36(29-16-10-6-11-17-29)30-18-12-7-13-19-30)44-37(47)33(28-20-22-31(52-2)23-21-28)45-41(50)53-25-27-14-8-5-9-15-27/h5-23,26,33-36,39H,3-4,24-25H2,1-2H3,(H,43,51)(H,44,47)(H,45,50)/t33?,34?,35?,39-/m1/s1. The van der Waals surface area contributed by atoms with Crippen LogP contribution in [-0.2, 0) is 30.5 Å². The molecule has 0 bridgehead atoms. The van der Waals surface area contributed by atoms with Gasteiger partial charge in [-0.05, 0) is 46.2 Å². The lowest BCUT2D eigenvalue weighted by molar-refractivity contribution is -0.165. The van der Waals surface area contributed by atoms with Crippen molar-refractivity contribution in [3.63, 3.8) is 0 Å². The van der Waals surface area contributed by atoms with Crippen molar-refractivity contribution in [2.75, 3.05) is 12.9 Å². The third kappa shape index (κ3) is 9.73. The van der Waals surface area contributed by atoms with Crippen LogP contribution in [0.15, 0.2) is 126 Å². The molecule has 4 amide bonds. The van der Waals surface area contributed by atoms with Crippen molar-refractivity contribution < 1.29 is 38.2 Å². The van der Waals surface area contributed by atoms with Gasteiger partial charge >= 0.3 is 12.1 Å². The number of rotatable bonds is 15. The molecule has 290 valence electrons. The molecule has 12 nitrogen and oxygen atoms in total. The lowest BCUT2D eigenvalue weighted by Crippen LogP contribution is -2.75. The summed E-state index contributed by atoms with van der Waals surface area (Å²) in [6.45, 7) is 2.01. The van der Waals surface area contributed by atoms with Crippen LogP contribution in [0.25, 0.3) is 0 Å². The summed E-state index contributed by atoms with van der Waals surface area (Å²) in [7, 11) is 1.51. The van der Waals surface area contributed by atoms with Crippen LogP contribution in [0.4, 0.5) is 9.59 Å². The fraction of sp³-hybridized carbons (Fsp3) is 0.262. The number of hydrogen-bond acceptors (Lipinski definition) is 10. The third-order valence-electron chi connectivity index (χ3n) is 9.11. The molecule has 1 fully saturated rings. The van der Waals surface area contributed by atoms with E-state index in [9.17, 15) is 24.0 Å². The van der Waals surface area contributed by atoms with E-state index in [4.69, 9.17) is 14.2 Å². The summed E-state index contributed by atoms with van der Waals surface area (Å²) in [4.78, 5) is 69.7. The molecule has 0 spiro atoms. The number of amides is 4. The number of nitrogens with zero attached hydrogens (tertiary/aromatic N) is 1. The van der Waals surface area contributed by atoms with Gasteiger partial charge in [0.15, 0.2) is 12.1 Å². The van der Waals surface area contributed by atoms with Crippen molar-refractivity contribution in [2.24, 2.45) is 0 Å². The zero-order valence-electron chi connectivity index (χ0n) is 30.8. The van der Waals surface area contributed by atoms with Gasteiger partial charge in [-0.15, -0.1) is 11.8 Å². The molecule has 6 rings (SSSR count). The lowest BCUT2D eigenvalue weighted by Gasteiger charge is -2.51. The maximum Gasteiger partial charge on any atom is 0.408 e. The highest BCUT2D eigenvalue weighted by Crippen LogP contribution is 2.41. The Morgan fingerprint density at radius 1 is 0.839 bits per heavy atom. The summed E-state index contributed by atoms with van der Waals surface area (Å²) >= 11 is 2.27. The number of fused-ring (bicyclic) bond motifs is 1. The zero-order chi connectivity index (χ0) is 39.4. The van der Waals surface area contributed by atoms with E-state index in [2.05, 4.69) is 16.0 Å². The minimum absolute atomic E-state index is 0.0202. The molecular formula is C42H42N4O8S2. The Morgan fingerprint density at radius 3 is 2.07 bits per heavy atom. The minimum atomic E-state index is -1.31. The first-order valence-electron chi connectivity index (χ1n) is 18.1. The molecular weight excluding hydrogens is 753 g/mol. The Bertz CT molecular complexity index is 1980. The quantitative estimate of drug-likeness (QED) is 0.0662. The second-order valence-electron chi connectivity index (χ2n) is 12.9. The van der Waals surface area contributed by atoms with Crippen LogP contribution in [0.5, 0.6) is 5.75 Å². The number of nitrogens with one attached hydrogen (secondary N) is 3. The normalized spacial score (nSPS) is 17.7. The van der Waals surface area contributed by atoms with Gasteiger partial charge in [-0.3, -0.25) is 14.4 Å². The van der Waals surface area contributed by atoms with Crippen molar-refractivity contribution in [1.82, 2.24) is 20.9 Å². The van der Waals surface area contributed by atoms with Crippen LogP contribution in [0.1, 0.15) is 54.2 Å². The highest BCUT2D eigenvalue weighted by Gasteiger charge is 2.57. The number of carbonyl (C=O) groups excluding carboxylic acids is 5. The van der Waals surface area contributed by atoms with Gasteiger partial charge < -0.3 is 35.1 Å². The molecule has 4 aromatic rings. The van der Waals surface area contributed by atoms with E-state index in [0.29, 0.717) is 17.1 Å². The highest BCUT2D eigenvalue weighted by atomic mass is 32.2. The highest BCUT2D eigenvalue weighted by molar-refractivity contribution is 8.13. The van der Waals surface area contributed by atoms with Crippen LogP contribution >= 0.6 is 23.5 Å². The van der Waals surface area contributed by atoms with Gasteiger partial charge in [0, 0.05) is 5.75 Å². The largest absolute Gasteiger partial charge is 0.497 e. The first kappa shape index (κ1) is 39.9. The van der Waals surface area contributed by atoms with Crippen LogP contribution in [0.2, 0.25) is 0 Å². The van der Waals surface area contributed by atoms with Crippen LogP contribution < -0.4 is 20.7 Å². The van der Waals surface area contributed by atoms with Crippen molar-refractivity contribution in [2.45, 2.75) is 56.0 Å². The molecule has 3 N–H and O–H groups in total. The average Bonchev–Trinajstić information content (AvgIpc) is 3.23. The summed E-state index contributed by atoms with van der Waals surface area (Å²) in [5.74, 6) is -0.860. The smallest absolute Gasteiger partial charge is 0.408 e. The molecule has 0 saturated carbocycles. The lowest BCUT2D eigenvalue weighted by atomic mass is 9.98. The number of unbranched alkanes of at least 4 members (excludes halogenated alkanes) is 1. The maximum absolute atomic E-state index is 14.3. The monoisotopic (exact) mass is 794 g/mol. The van der Waals surface area contributed by atoms with Crippen LogP contribution in [-0.4, -0.2) is 64.3 Å². The molecule has 4 aromatic carbocycles. The summed E-state index contributed by atoms with van der Waals surface area (Å²) in [5, 5.41) is 8.77. The SMILES string of the molecule is CCCCSC(=O)NC1=CS[C@@H]2C(NC(=O)C(NC(=O)OCc3ccccc3)c3ccc(OC)cc3)C(=O)N2C1C(=O)OC(c1ccccc1)c1ccccc1. The number of alkyl carbamates (subject to hydrolysis) is 1. The number of carbonyl (C=O) groups is 5. The number of thioether (sulfide) groups is 2. The molecule has 2 aliphatic heterocycles. The molecule has 1 saturated heterocycles.